The number of benzene rings is 2. The second kappa shape index (κ2) is 9.50. The van der Waals surface area contributed by atoms with Gasteiger partial charge in [0.2, 0.25) is 5.91 Å². The van der Waals surface area contributed by atoms with Gasteiger partial charge in [-0.1, -0.05) is 12.1 Å². The molecule has 0 bridgehead atoms. The summed E-state index contributed by atoms with van der Waals surface area (Å²) < 4.78 is 15.8. The summed E-state index contributed by atoms with van der Waals surface area (Å²) in [7, 11) is 4.94. The van der Waals surface area contributed by atoms with Gasteiger partial charge < -0.3 is 24.4 Å². The molecule has 4 rings (SSSR count). The number of rotatable bonds is 8. The standard InChI is InChI=1S/C24H31N3O4S/c1-29-20-8-6-5-7-19(20)27-13-11-26(12-14-27)10-9-24(32-4)17-15-21(30-2)22(31-3)16-18(17)25-23(24)28/h5-8,15-16H,9-14H2,1-4H3,(H,25,28). The van der Waals surface area contributed by atoms with E-state index in [1.165, 1.54) is 0 Å². The maximum atomic E-state index is 13.1. The first kappa shape index (κ1) is 22.6. The molecule has 8 heteroatoms. The van der Waals surface area contributed by atoms with Crippen LogP contribution >= 0.6 is 11.8 Å². The van der Waals surface area contributed by atoms with Gasteiger partial charge in [-0.25, -0.2) is 0 Å². The van der Waals surface area contributed by atoms with E-state index in [0.29, 0.717) is 11.5 Å². The van der Waals surface area contributed by atoms with Crippen molar-refractivity contribution in [3.05, 3.63) is 42.0 Å². The number of piperazine rings is 1. The molecular formula is C24H31N3O4S. The van der Waals surface area contributed by atoms with E-state index in [9.17, 15) is 4.79 Å². The fourth-order valence-electron chi connectivity index (χ4n) is 4.63. The van der Waals surface area contributed by atoms with Crippen LogP contribution in [0.2, 0.25) is 0 Å². The predicted molar refractivity (Wildman–Crippen MR) is 130 cm³/mol. The van der Waals surface area contributed by atoms with Gasteiger partial charge >= 0.3 is 0 Å². The van der Waals surface area contributed by atoms with E-state index < -0.39 is 4.75 Å². The van der Waals surface area contributed by atoms with Crippen LogP contribution in [-0.2, 0) is 9.54 Å². The number of methoxy groups -OCH3 is 3. The van der Waals surface area contributed by atoms with Crippen molar-refractivity contribution in [2.45, 2.75) is 11.2 Å². The lowest BCUT2D eigenvalue weighted by atomic mass is 9.95. The number of amides is 1. The molecule has 0 aromatic heterocycles. The number of hydrogen-bond donors (Lipinski definition) is 1. The molecule has 2 heterocycles. The third-order valence-electron chi connectivity index (χ3n) is 6.50. The topological polar surface area (TPSA) is 63.3 Å². The molecule has 1 unspecified atom stereocenters. The number of anilines is 2. The van der Waals surface area contributed by atoms with Crippen LogP contribution < -0.4 is 24.4 Å². The normalized spacial score (nSPS) is 20.6. The van der Waals surface area contributed by atoms with E-state index in [1.54, 1.807) is 33.1 Å². The molecule has 1 fully saturated rings. The van der Waals surface area contributed by atoms with Gasteiger partial charge in [-0.15, -0.1) is 11.8 Å². The first-order valence-corrected chi connectivity index (χ1v) is 12.0. The minimum Gasteiger partial charge on any atom is -0.495 e. The van der Waals surface area contributed by atoms with Crippen molar-refractivity contribution in [3.63, 3.8) is 0 Å². The van der Waals surface area contributed by atoms with Crippen molar-refractivity contribution >= 4 is 29.0 Å². The highest BCUT2D eigenvalue weighted by Crippen LogP contribution is 2.50. The molecular weight excluding hydrogens is 426 g/mol. The molecule has 172 valence electrons. The molecule has 1 atom stereocenters. The highest BCUT2D eigenvalue weighted by atomic mass is 32.2. The van der Waals surface area contributed by atoms with Crippen LogP contribution in [-0.4, -0.2) is 71.1 Å². The van der Waals surface area contributed by atoms with Gasteiger partial charge in [0.05, 0.1) is 27.0 Å². The number of fused-ring (bicyclic) bond motifs is 1. The molecule has 1 N–H and O–H groups in total. The maximum absolute atomic E-state index is 13.1. The van der Waals surface area contributed by atoms with Gasteiger partial charge in [-0.05, 0) is 30.9 Å². The number of hydrogen-bond acceptors (Lipinski definition) is 7. The minimum absolute atomic E-state index is 0.0305. The number of thioether (sulfide) groups is 1. The SMILES string of the molecule is COc1cc2c(cc1OC)C(CCN1CCN(c3ccccc3OC)CC1)(SC)C(=O)N2. The Morgan fingerprint density at radius 2 is 1.62 bits per heavy atom. The van der Waals surface area contributed by atoms with Crippen LogP contribution in [0.5, 0.6) is 17.2 Å². The highest BCUT2D eigenvalue weighted by Gasteiger charge is 2.47. The quantitative estimate of drug-likeness (QED) is 0.652. The van der Waals surface area contributed by atoms with Gasteiger partial charge in [0, 0.05) is 50.0 Å². The molecule has 32 heavy (non-hydrogen) atoms. The predicted octanol–water partition coefficient (Wildman–Crippen LogP) is 3.44. The summed E-state index contributed by atoms with van der Waals surface area (Å²) >= 11 is 1.59. The molecule has 2 aromatic carbocycles. The van der Waals surface area contributed by atoms with Gasteiger partial charge in [-0.2, -0.15) is 0 Å². The first-order chi connectivity index (χ1) is 15.6. The van der Waals surface area contributed by atoms with Crippen LogP contribution in [0.25, 0.3) is 0 Å². The van der Waals surface area contributed by atoms with Crippen molar-refractivity contribution in [2.75, 3.05) is 70.5 Å². The third-order valence-corrected chi connectivity index (χ3v) is 7.81. The first-order valence-electron chi connectivity index (χ1n) is 10.8. The second-order valence-corrected chi connectivity index (χ2v) is 9.09. The van der Waals surface area contributed by atoms with E-state index in [-0.39, 0.29) is 5.91 Å². The summed E-state index contributed by atoms with van der Waals surface area (Å²) in [5.74, 6) is 2.20. The fraction of sp³-hybridized carbons (Fsp3) is 0.458. The molecule has 7 nitrogen and oxygen atoms in total. The number of ether oxygens (including phenoxy) is 3. The molecule has 2 aliphatic rings. The molecule has 1 amide bonds. The van der Waals surface area contributed by atoms with Crippen molar-refractivity contribution in [1.29, 1.82) is 0 Å². The maximum Gasteiger partial charge on any atom is 0.245 e. The van der Waals surface area contributed by atoms with E-state index in [1.807, 2.05) is 36.6 Å². The monoisotopic (exact) mass is 457 g/mol. The van der Waals surface area contributed by atoms with Crippen LogP contribution in [0, 0.1) is 0 Å². The lowest BCUT2D eigenvalue weighted by Gasteiger charge is -2.38. The molecule has 1 saturated heterocycles. The van der Waals surface area contributed by atoms with Crippen LogP contribution in [0.15, 0.2) is 36.4 Å². The molecule has 0 saturated carbocycles. The number of carbonyl (C=O) groups excluding carboxylic acids is 1. The summed E-state index contributed by atoms with van der Waals surface area (Å²) in [4.78, 5) is 17.9. The second-order valence-electron chi connectivity index (χ2n) is 7.99. The Labute approximate surface area is 194 Å². The van der Waals surface area contributed by atoms with Gasteiger partial charge in [-0.3, -0.25) is 9.69 Å². The average Bonchev–Trinajstić information content (AvgIpc) is 3.12. The van der Waals surface area contributed by atoms with Crippen LogP contribution in [0.3, 0.4) is 0 Å². The molecule has 0 radical (unpaired) electrons. The minimum atomic E-state index is -0.630. The average molecular weight is 458 g/mol. The summed E-state index contributed by atoms with van der Waals surface area (Å²) in [6.07, 6.45) is 2.74. The Morgan fingerprint density at radius 3 is 2.28 bits per heavy atom. The Kier molecular flexibility index (Phi) is 6.71. The van der Waals surface area contributed by atoms with Crippen LogP contribution in [0.1, 0.15) is 12.0 Å². The molecule has 0 spiro atoms. The van der Waals surface area contributed by atoms with Crippen molar-refractivity contribution in [1.82, 2.24) is 4.90 Å². The summed E-state index contributed by atoms with van der Waals surface area (Å²) in [6, 6.07) is 12.0. The zero-order chi connectivity index (χ0) is 22.7. The van der Waals surface area contributed by atoms with Crippen LogP contribution in [0.4, 0.5) is 11.4 Å². The Morgan fingerprint density at radius 1 is 0.969 bits per heavy atom. The van der Waals surface area contributed by atoms with Crippen molar-refractivity contribution < 1.29 is 19.0 Å². The third kappa shape index (κ3) is 3.97. The van der Waals surface area contributed by atoms with Gasteiger partial charge in [0.1, 0.15) is 10.5 Å². The van der Waals surface area contributed by atoms with E-state index >= 15 is 0 Å². The van der Waals surface area contributed by atoms with Crippen molar-refractivity contribution in [2.24, 2.45) is 0 Å². The zero-order valence-corrected chi connectivity index (χ0v) is 20.0. The fourth-order valence-corrected chi connectivity index (χ4v) is 5.55. The Hall–Kier alpha value is -2.58. The van der Waals surface area contributed by atoms with E-state index in [0.717, 1.165) is 61.8 Å². The largest absolute Gasteiger partial charge is 0.495 e. The van der Waals surface area contributed by atoms with Gasteiger partial charge in [0.25, 0.3) is 0 Å². The number of nitrogens with zero attached hydrogens (tertiary/aromatic N) is 2. The molecule has 2 aliphatic heterocycles. The highest BCUT2D eigenvalue weighted by molar-refractivity contribution is 8.00. The smallest absolute Gasteiger partial charge is 0.245 e. The van der Waals surface area contributed by atoms with E-state index in [4.69, 9.17) is 14.2 Å². The molecule has 2 aromatic rings. The zero-order valence-electron chi connectivity index (χ0n) is 19.1. The number of para-hydroxylation sites is 2. The Balaban J connectivity index is 1.45. The van der Waals surface area contributed by atoms with E-state index in [2.05, 4.69) is 21.2 Å². The van der Waals surface area contributed by atoms with Crippen molar-refractivity contribution in [3.8, 4) is 17.2 Å². The lowest BCUT2D eigenvalue weighted by molar-refractivity contribution is -0.118. The summed E-state index contributed by atoms with van der Waals surface area (Å²) in [6.45, 7) is 4.61. The van der Waals surface area contributed by atoms with Gasteiger partial charge in [0.15, 0.2) is 11.5 Å². The molecule has 0 aliphatic carbocycles. The summed E-state index contributed by atoms with van der Waals surface area (Å²) in [5, 5.41) is 3.06. The number of carbonyl (C=O) groups is 1. The summed E-state index contributed by atoms with van der Waals surface area (Å²) in [5.41, 5.74) is 2.92. The number of nitrogens with one attached hydrogen (secondary N) is 1. The Bertz CT molecular complexity index is 978. The lowest BCUT2D eigenvalue weighted by Crippen LogP contribution is -2.48.